The van der Waals surface area contributed by atoms with E-state index < -0.39 is 7.37 Å². The van der Waals surface area contributed by atoms with Gasteiger partial charge in [-0.05, 0) is 6.42 Å². The zero-order valence-corrected chi connectivity index (χ0v) is 17.6. The minimum atomic E-state index is -3.02. The summed E-state index contributed by atoms with van der Waals surface area (Å²) in [5.41, 5.74) is 0. The summed E-state index contributed by atoms with van der Waals surface area (Å²) in [6, 6.07) is 1.95. The molecule has 1 unspecified atom stereocenters. The summed E-state index contributed by atoms with van der Waals surface area (Å²) in [4.78, 5) is 9.67. The van der Waals surface area contributed by atoms with Gasteiger partial charge in [0.1, 0.15) is 0 Å². The van der Waals surface area contributed by atoms with Crippen LogP contribution >= 0.6 is 7.37 Å². The first-order chi connectivity index (χ1) is 12.1. The van der Waals surface area contributed by atoms with Crippen LogP contribution in [0.5, 0.6) is 0 Å². The maximum atomic E-state index is 11.7. The molecule has 0 aliphatic carbocycles. The number of nitriles is 1. The Morgan fingerprint density at radius 1 is 0.680 bits per heavy atom. The SMILES string of the molecule is CCCCCCCCCCCCCCCCCCP(=O)(O)CCC#N. The molecule has 0 amide bonds. The third kappa shape index (κ3) is 19.8. The van der Waals surface area contributed by atoms with Crippen molar-refractivity contribution in [2.75, 3.05) is 12.3 Å². The van der Waals surface area contributed by atoms with Crippen molar-refractivity contribution in [3.63, 3.8) is 0 Å². The van der Waals surface area contributed by atoms with Gasteiger partial charge < -0.3 is 4.89 Å². The third-order valence-electron chi connectivity index (χ3n) is 4.93. The highest BCUT2D eigenvalue weighted by Crippen LogP contribution is 2.41. The van der Waals surface area contributed by atoms with Crippen LogP contribution in [0, 0.1) is 11.3 Å². The zero-order valence-electron chi connectivity index (χ0n) is 16.7. The van der Waals surface area contributed by atoms with Crippen molar-refractivity contribution in [1.29, 1.82) is 5.26 Å². The molecule has 0 aromatic rings. The molecule has 0 radical (unpaired) electrons. The lowest BCUT2D eigenvalue weighted by Crippen LogP contribution is -1.94. The van der Waals surface area contributed by atoms with Gasteiger partial charge in [-0.3, -0.25) is 4.57 Å². The van der Waals surface area contributed by atoms with Crippen LogP contribution in [0.2, 0.25) is 0 Å². The van der Waals surface area contributed by atoms with Gasteiger partial charge in [-0.2, -0.15) is 5.26 Å². The van der Waals surface area contributed by atoms with E-state index in [9.17, 15) is 9.46 Å². The Hall–Kier alpha value is -0.320. The second-order valence-corrected chi connectivity index (χ2v) is 10.1. The van der Waals surface area contributed by atoms with Crippen LogP contribution in [0.3, 0.4) is 0 Å². The molecule has 0 aliphatic heterocycles. The number of hydrogen-bond donors (Lipinski definition) is 1. The molecule has 25 heavy (non-hydrogen) atoms. The normalized spacial score (nSPS) is 13.5. The molecule has 148 valence electrons. The molecule has 1 atom stereocenters. The molecular formula is C21H42NO2P. The van der Waals surface area contributed by atoms with Gasteiger partial charge in [0.25, 0.3) is 0 Å². The Labute approximate surface area is 157 Å². The van der Waals surface area contributed by atoms with E-state index in [0.29, 0.717) is 6.16 Å². The van der Waals surface area contributed by atoms with E-state index >= 15 is 0 Å². The second-order valence-electron chi connectivity index (χ2n) is 7.50. The molecule has 0 rings (SSSR count). The van der Waals surface area contributed by atoms with Gasteiger partial charge in [0, 0.05) is 18.7 Å². The average Bonchev–Trinajstić information content (AvgIpc) is 2.59. The summed E-state index contributed by atoms with van der Waals surface area (Å²) in [6.07, 6.45) is 21.8. The van der Waals surface area contributed by atoms with Crippen LogP contribution in [-0.4, -0.2) is 17.2 Å². The van der Waals surface area contributed by atoms with E-state index in [-0.39, 0.29) is 12.6 Å². The van der Waals surface area contributed by atoms with E-state index in [1.54, 1.807) is 0 Å². The van der Waals surface area contributed by atoms with Crippen molar-refractivity contribution >= 4 is 7.37 Å². The van der Waals surface area contributed by atoms with Gasteiger partial charge in [0.2, 0.25) is 7.37 Å². The predicted octanol–water partition coefficient (Wildman–Crippen LogP) is 7.43. The Kier molecular flexibility index (Phi) is 18.2. The highest BCUT2D eigenvalue weighted by Gasteiger charge is 2.16. The number of nitrogens with zero attached hydrogens (tertiary/aromatic N) is 1. The largest absolute Gasteiger partial charge is 0.344 e. The van der Waals surface area contributed by atoms with Gasteiger partial charge in [0.05, 0.1) is 6.07 Å². The Bertz CT molecular complexity index is 365. The topological polar surface area (TPSA) is 61.1 Å². The molecule has 0 fully saturated rings. The minimum Gasteiger partial charge on any atom is -0.344 e. The summed E-state index contributed by atoms with van der Waals surface area (Å²) in [5.74, 6) is 0. The van der Waals surface area contributed by atoms with E-state index in [0.717, 1.165) is 12.8 Å². The summed E-state index contributed by atoms with van der Waals surface area (Å²) < 4.78 is 11.7. The Morgan fingerprint density at radius 3 is 1.40 bits per heavy atom. The molecule has 1 N–H and O–H groups in total. The van der Waals surface area contributed by atoms with Crippen molar-refractivity contribution in [3.8, 4) is 6.07 Å². The zero-order chi connectivity index (χ0) is 18.6. The van der Waals surface area contributed by atoms with Crippen LogP contribution in [0.1, 0.15) is 116 Å². The second kappa shape index (κ2) is 18.5. The lowest BCUT2D eigenvalue weighted by molar-refractivity contribution is 0.473. The third-order valence-corrected chi connectivity index (χ3v) is 6.87. The van der Waals surface area contributed by atoms with Gasteiger partial charge in [-0.25, -0.2) is 0 Å². The minimum absolute atomic E-state index is 0.169. The fourth-order valence-electron chi connectivity index (χ4n) is 3.24. The van der Waals surface area contributed by atoms with E-state index in [1.165, 1.54) is 89.9 Å². The van der Waals surface area contributed by atoms with Crippen LogP contribution in [-0.2, 0) is 4.57 Å². The summed E-state index contributed by atoms with van der Waals surface area (Å²) >= 11 is 0. The molecule has 0 saturated carbocycles. The van der Waals surface area contributed by atoms with Gasteiger partial charge in [-0.1, -0.05) is 103 Å². The first-order valence-electron chi connectivity index (χ1n) is 10.8. The average molecular weight is 372 g/mol. The molecule has 4 heteroatoms. The van der Waals surface area contributed by atoms with Crippen LogP contribution in [0.25, 0.3) is 0 Å². The molecule has 0 heterocycles. The highest BCUT2D eigenvalue weighted by atomic mass is 31.2. The Balaban J connectivity index is 3.17. The molecule has 0 saturated heterocycles. The smallest absolute Gasteiger partial charge is 0.201 e. The number of unbranched alkanes of at least 4 members (excludes halogenated alkanes) is 15. The lowest BCUT2D eigenvalue weighted by atomic mass is 10.0. The van der Waals surface area contributed by atoms with Crippen molar-refractivity contribution < 1.29 is 9.46 Å². The van der Waals surface area contributed by atoms with Gasteiger partial charge in [-0.15, -0.1) is 0 Å². The van der Waals surface area contributed by atoms with Crippen molar-refractivity contribution in [2.45, 2.75) is 116 Å². The highest BCUT2D eigenvalue weighted by molar-refractivity contribution is 7.57. The van der Waals surface area contributed by atoms with Crippen molar-refractivity contribution in [1.82, 2.24) is 0 Å². The predicted molar refractivity (Wildman–Crippen MR) is 109 cm³/mol. The van der Waals surface area contributed by atoms with Gasteiger partial charge >= 0.3 is 0 Å². The van der Waals surface area contributed by atoms with E-state index in [2.05, 4.69) is 6.92 Å². The monoisotopic (exact) mass is 371 g/mol. The molecule has 0 spiro atoms. The molecule has 0 bridgehead atoms. The lowest BCUT2D eigenvalue weighted by Gasteiger charge is -2.09. The standard InChI is InChI=1S/C21H42NO2P/c1-2-3-4-5-6-7-8-9-10-11-12-13-14-15-16-17-20-25(23,24)21-18-19-22/h2-18,20-21H2,1H3,(H,23,24). The number of rotatable bonds is 19. The van der Waals surface area contributed by atoms with Gasteiger partial charge in [0.15, 0.2) is 0 Å². The molecule has 0 aliphatic rings. The molecule has 0 aromatic carbocycles. The van der Waals surface area contributed by atoms with E-state index in [1.807, 2.05) is 6.07 Å². The van der Waals surface area contributed by atoms with Crippen molar-refractivity contribution in [3.05, 3.63) is 0 Å². The summed E-state index contributed by atoms with van der Waals surface area (Å²) in [6.45, 7) is 2.27. The maximum Gasteiger partial charge on any atom is 0.201 e. The fraction of sp³-hybridized carbons (Fsp3) is 0.952. The fourth-order valence-corrected chi connectivity index (χ4v) is 4.63. The maximum absolute atomic E-state index is 11.7. The molecule has 0 aromatic heterocycles. The Morgan fingerprint density at radius 2 is 1.04 bits per heavy atom. The van der Waals surface area contributed by atoms with Crippen LogP contribution in [0.4, 0.5) is 0 Å². The first kappa shape index (κ1) is 24.7. The van der Waals surface area contributed by atoms with Crippen LogP contribution < -0.4 is 0 Å². The summed E-state index contributed by atoms with van der Waals surface area (Å²) in [5, 5.41) is 8.46. The first-order valence-corrected chi connectivity index (χ1v) is 12.8. The van der Waals surface area contributed by atoms with Crippen LogP contribution in [0.15, 0.2) is 0 Å². The number of hydrogen-bond acceptors (Lipinski definition) is 2. The molecule has 3 nitrogen and oxygen atoms in total. The quantitative estimate of drug-likeness (QED) is 0.190. The summed E-state index contributed by atoms with van der Waals surface area (Å²) in [7, 11) is -3.02. The van der Waals surface area contributed by atoms with Crippen molar-refractivity contribution in [2.24, 2.45) is 0 Å². The molecular weight excluding hydrogens is 329 g/mol. The van der Waals surface area contributed by atoms with E-state index in [4.69, 9.17) is 5.26 Å².